The second-order valence-electron chi connectivity index (χ2n) is 5.20. The summed E-state index contributed by atoms with van der Waals surface area (Å²) < 4.78 is 0. The zero-order chi connectivity index (χ0) is 13.2. The molecule has 3 heterocycles. The molecule has 0 aromatic carbocycles. The van der Waals surface area contributed by atoms with Crippen LogP contribution in [0.3, 0.4) is 0 Å². The third-order valence-electron chi connectivity index (χ3n) is 4.05. The van der Waals surface area contributed by atoms with Crippen molar-refractivity contribution in [3.63, 3.8) is 0 Å². The quantitative estimate of drug-likeness (QED) is 0.817. The van der Waals surface area contributed by atoms with E-state index in [0.29, 0.717) is 17.9 Å². The van der Waals surface area contributed by atoms with Crippen LogP contribution in [-0.2, 0) is 0 Å². The van der Waals surface area contributed by atoms with E-state index >= 15 is 0 Å². The van der Waals surface area contributed by atoms with Crippen LogP contribution >= 0.6 is 0 Å². The Hall–Kier alpha value is -1.69. The van der Waals surface area contributed by atoms with Gasteiger partial charge in [-0.15, -0.1) is 0 Å². The summed E-state index contributed by atoms with van der Waals surface area (Å²) in [5.74, 6) is 0.138. The van der Waals surface area contributed by atoms with Gasteiger partial charge in [-0.3, -0.25) is 4.79 Å². The minimum absolute atomic E-state index is 0.285. The molecule has 2 aliphatic heterocycles. The van der Waals surface area contributed by atoms with Crippen molar-refractivity contribution < 1.29 is 4.79 Å². The first-order chi connectivity index (χ1) is 9.27. The van der Waals surface area contributed by atoms with Gasteiger partial charge in [-0.2, -0.15) is 0 Å². The second-order valence-corrected chi connectivity index (χ2v) is 5.20. The predicted octanol–water partition coefficient (Wildman–Crippen LogP) is 0.296. The third kappa shape index (κ3) is 2.28. The zero-order valence-electron chi connectivity index (χ0n) is 10.9. The minimum Gasteiger partial charge on any atom is -0.364 e. The van der Waals surface area contributed by atoms with Crippen LogP contribution in [0.2, 0.25) is 0 Å². The van der Waals surface area contributed by atoms with Gasteiger partial charge in [0.05, 0.1) is 0 Å². The fraction of sp³-hybridized carbons (Fsp3) is 0.615. The van der Waals surface area contributed by atoms with E-state index in [-0.39, 0.29) is 5.69 Å². The number of amides is 1. The zero-order valence-corrected chi connectivity index (χ0v) is 10.9. The SMILES string of the molecule is NC(=O)c1nccnc1N1CCCC1C1CCCN1. The Morgan fingerprint density at radius 3 is 2.89 bits per heavy atom. The summed E-state index contributed by atoms with van der Waals surface area (Å²) in [4.78, 5) is 22.1. The fourth-order valence-electron chi connectivity index (χ4n) is 3.23. The summed E-state index contributed by atoms with van der Waals surface area (Å²) in [6.45, 7) is 2.00. The molecular formula is C13H19N5O. The van der Waals surface area contributed by atoms with Crippen molar-refractivity contribution in [2.45, 2.75) is 37.8 Å². The standard InChI is InChI=1S/C13H19N5O/c14-12(19)11-13(17-7-6-16-11)18-8-2-4-10(18)9-3-1-5-15-9/h6-7,9-10,15H,1-5,8H2,(H2,14,19). The first kappa shape index (κ1) is 12.3. The molecule has 1 aromatic heterocycles. The Kier molecular flexibility index (Phi) is 3.33. The Morgan fingerprint density at radius 2 is 2.16 bits per heavy atom. The monoisotopic (exact) mass is 261 g/mol. The van der Waals surface area contributed by atoms with Gasteiger partial charge in [-0.1, -0.05) is 0 Å². The molecule has 3 N–H and O–H groups in total. The Labute approximate surface area is 112 Å². The molecule has 0 aliphatic carbocycles. The molecule has 102 valence electrons. The van der Waals surface area contributed by atoms with Crippen LogP contribution in [0.4, 0.5) is 5.82 Å². The molecule has 0 spiro atoms. The highest BCUT2D eigenvalue weighted by molar-refractivity contribution is 5.95. The number of carbonyl (C=O) groups excluding carboxylic acids is 1. The number of hydrogen-bond donors (Lipinski definition) is 2. The van der Waals surface area contributed by atoms with Crippen molar-refractivity contribution in [3.05, 3.63) is 18.1 Å². The van der Waals surface area contributed by atoms with Crippen LogP contribution in [0.5, 0.6) is 0 Å². The van der Waals surface area contributed by atoms with Gasteiger partial charge < -0.3 is 16.0 Å². The molecule has 0 saturated carbocycles. The molecule has 2 atom stereocenters. The van der Waals surface area contributed by atoms with E-state index in [1.54, 1.807) is 6.20 Å². The number of hydrogen-bond acceptors (Lipinski definition) is 5. The lowest BCUT2D eigenvalue weighted by atomic mass is 10.0. The largest absolute Gasteiger partial charge is 0.364 e. The molecule has 2 aliphatic rings. The number of anilines is 1. The van der Waals surface area contributed by atoms with Gasteiger partial charge >= 0.3 is 0 Å². The highest BCUT2D eigenvalue weighted by Crippen LogP contribution is 2.29. The van der Waals surface area contributed by atoms with Gasteiger partial charge in [0, 0.05) is 31.0 Å². The molecule has 6 heteroatoms. The minimum atomic E-state index is -0.506. The van der Waals surface area contributed by atoms with Gasteiger partial charge in [-0.25, -0.2) is 9.97 Å². The summed E-state index contributed by atoms with van der Waals surface area (Å²) in [5.41, 5.74) is 5.68. The van der Waals surface area contributed by atoms with Crippen molar-refractivity contribution in [2.24, 2.45) is 5.73 Å². The molecule has 0 bridgehead atoms. The van der Waals surface area contributed by atoms with Crippen LogP contribution in [-0.4, -0.2) is 41.0 Å². The van der Waals surface area contributed by atoms with Crippen molar-refractivity contribution in [3.8, 4) is 0 Å². The second kappa shape index (κ2) is 5.13. The van der Waals surface area contributed by atoms with Crippen LogP contribution < -0.4 is 16.0 Å². The predicted molar refractivity (Wildman–Crippen MR) is 71.9 cm³/mol. The Balaban J connectivity index is 1.90. The molecule has 2 unspecified atom stereocenters. The van der Waals surface area contributed by atoms with Gasteiger partial charge in [0.15, 0.2) is 11.5 Å². The van der Waals surface area contributed by atoms with Gasteiger partial charge in [0.1, 0.15) is 0 Å². The molecule has 0 radical (unpaired) electrons. The molecule has 2 saturated heterocycles. The lowest BCUT2D eigenvalue weighted by Gasteiger charge is -2.30. The number of nitrogens with zero attached hydrogens (tertiary/aromatic N) is 3. The average molecular weight is 261 g/mol. The number of nitrogens with one attached hydrogen (secondary N) is 1. The molecule has 2 fully saturated rings. The highest BCUT2D eigenvalue weighted by Gasteiger charge is 2.35. The van der Waals surface area contributed by atoms with Crippen LogP contribution in [0.15, 0.2) is 12.4 Å². The van der Waals surface area contributed by atoms with Crippen LogP contribution in [0.1, 0.15) is 36.2 Å². The van der Waals surface area contributed by atoms with Gasteiger partial charge in [0.2, 0.25) is 0 Å². The van der Waals surface area contributed by atoms with E-state index in [1.807, 2.05) is 0 Å². The molecule has 1 aromatic rings. The first-order valence-corrected chi connectivity index (χ1v) is 6.88. The van der Waals surface area contributed by atoms with Crippen molar-refractivity contribution in [1.82, 2.24) is 15.3 Å². The maximum Gasteiger partial charge on any atom is 0.271 e. The van der Waals surface area contributed by atoms with E-state index in [1.165, 1.54) is 19.0 Å². The van der Waals surface area contributed by atoms with Crippen LogP contribution in [0, 0.1) is 0 Å². The molecule has 19 heavy (non-hydrogen) atoms. The summed E-state index contributed by atoms with van der Waals surface area (Å²) in [6.07, 6.45) is 7.80. The first-order valence-electron chi connectivity index (χ1n) is 6.88. The maximum atomic E-state index is 11.5. The van der Waals surface area contributed by atoms with E-state index in [9.17, 15) is 4.79 Å². The molecule has 6 nitrogen and oxygen atoms in total. The number of rotatable bonds is 3. The number of aromatic nitrogens is 2. The van der Waals surface area contributed by atoms with Gasteiger partial charge in [-0.05, 0) is 32.2 Å². The summed E-state index contributed by atoms with van der Waals surface area (Å²) >= 11 is 0. The maximum absolute atomic E-state index is 11.5. The molecular weight excluding hydrogens is 242 g/mol. The number of nitrogens with two attached hydrogens (primary N) is 1. The fourth-order valence-corrected chi connectivity index (χ4v) is 3.23. The third-order valence-corrected chi connectivity index (χ3v) is 4.05. The lowest BCUT2D eigenvalue weighted by molar-refractivity contribution is 0.0995. The van der Waals surface area contributed by atoms with Crippen LogP contribution in [0.25, 0.3) is 0 Å². The van der Waals surface area contributed by atoms with Crippen molar-refractivity contribution in [2.75, 3.05) is 18.0 Å². The molecule has 3 rings (SSSR count). The number of primary amides is 1. The highest BCUT2D eigenvalue weighted by atomic mass is 16.1. The lowest BCUT2D eigenvalue weighted by Crippen LogP contribution is -2.45. The topological polar surface area (TPSA) is 84.1 Å². The van der Waals surface area contributed by atoms with Crippen molar-refractivity contribution >= 4 is 11.7 Å². The normalized spacial score (nSPS) is 26.8. The smallest absolute Gasteiger partial charge is 0.271 e. The molecule has 1 amide bonds. The van der Waals surface area contributed by atoms with E-state index in [2.05, 4.69) is 20.2 Å². The van der Waals surface area contributed by atoms with Gasteiger partial charge in [0.25, 0.3) is 5.91 Å². The van der Waals surface area contributed by atoms with E-state index in [0.717, 1.165) is 25.9 Å². The Bertz CT molecular complexity index is 472. The van der Waals surface area contributed by atoms with E-state index in [4.69, 9.17) is 5.73 Å². The Morgan fingerprint density at radius 1 is 1.32 bits per heavy atom. The summed E-state index contributed by atoms with van der Waals surface area (Å²) in [5, 5.41) is 3.54. The number of carbonyl (C=O) groups is 1. The van der Waals surface area contributed by atoms with E-state index < -0.39 is 5.91 Å². The summed E-state index contributed by atoms with van der Waals surface area (Å²) in [6, 6.07) is 0.891. The average Bonchev–Trinajstić information content (AvgIpc) is 3.09. The van der Waals surface area contributed by atoms with Crippen molar-refractivity contribution in [1.29, 1.82) is 0 Å². The summed E-state index contributed by atoms with van der Waals surface area (Å²) in [7, 11) is 0.